The Balaban J connectivity index is 2.88. The second-order valence-electron chi connectivity index (χ2n) is 3.44. The second kappa shape index (κ2) is 5.67. The van der Waals surface area contributed by atoms with E-state index in [2.05, 4.69) is 15.4 Å². The van der Waals surface area contributed by atoms with Gasteiger partial charge in [-0.2, -0.15) is 13.2 Å². The number of rotatable bonds is 5. The maximum atomic E-state index is 12.4. The molecule has 1 aromatic rings. The minimum Gasteiger partial charge on any atom is -0.347 e. The maximum absolute atomic E-state index is 12.4. The molecule has 1 heterocycles. The molecule has 0 saturated carbocycles. The highest BCUT2D eigenvalue weighted by Gasteiger charge is 2.31. The molecule has 0 radical (unpaired) electrons. The summed E-state index contributed by atoms with van der Waals surface area (Å²) in [5.41, 5.74) is 2.27. The molecule has 3 N–H and O–H groups in total. The fourth-order valence-corrected chi connectivity index (χ4v) is 1.36. The van der Waals surface area contributed by atoms with Crippen LogP contribution in [0.25, 0.3) is 0 Å². The lowest BCUT2D eigenvalue weighted by molar-refractivity contribution is -0.119. The summed E-state index contributed by atoms with van der Waals surface area (Å²) in [7, 11) is 0. The summed E-state index contributed by atoms with van der Waals surface area (Å²) in [4.78, 5) is 8.69. The number of nitrogens with two attached hydrogens (primary N) is 1. The van der Waals surface area contributed by atoms with Gasteiger partial charge in [0.25, 0.3) is 0 Å². The lowest BCUT2D eigenvalue weighted by Crippen LogP contribution is -2.35. The number of hydrazine groups is 1. The smallest absolute Gasteiger partial charge is 0.347 e. The molecule has 0 aliphatic heterocycles. The molecule has 5 nitrogen and oxygen atoms in total. The SMILES string of the molecule is CCCN(CC(F)(F)F)c1cc(NN)ncn1. The van der Waals surface area contributed by atoms with E-state index in [1.807, 2.05) is 0 Å². The minimum absolute atomic E-state index is 0.201. The number of nitrogens with one attached hydrogen (secondary N) is 1. The molecule has 1 aromatic heterocycles. The van der Waals surface area contributed by atoms with Gasteiger partial charge in [-0.1, -0.05) is 6.92 Å². The molecule has 0 aliphatic rings. The first kappa shape index (κ1) is 13.5. The molecule has 0 bridgehead atoms. The highest BCUT2D eigenvalue weighted by atomic mass is 19.4. The number of alkyl halides is 3. The molecule has 0 saturated heterocycles. The largest absolute Gasteiger partial charge is 0.405 e. The fraction of sp³-hybridized carbons (Fsp3) is 0.556. The van der Waals surface area contributed by atoms with Crippen LogP contribution in [0.4, 0.5) is 24.8 Å². The molecule has 0 unspecified atom stereocenters. The van der Waals surface area contributed by atoms with Gasteiger partial charge in [-0.25, -0.2) is 15.8 Å². The lowest BCUT2D eigenvalue weighted by Gasteiger charge is -2.24. The molecule has 0 spiro atoms. The van der Waals surface area contributed by atoms with Crippen molar-refractivity contribution in [2.24, 2.45) is 5.84 Å². The first-order valence-electron chi connectivity index (χ1n) is 5.06. The molecule has 17 heavy (non-hydrogen) atoms. The Morgan fingerprint density at radius 1 is 1.41 bits per heavy atom. The van der Waals surface area contributed by atoms with E-state index in [9.17, 15) is 13.2 Å². The third-order valence-electron chi connectivity index (χ3n) is 1.99. The highest BCUT2D eigenvalue weighted by Crippen LogP contribution is 2.21. The van der Waals surface area contributed by atoms with Crippen molar-refractivity contribution in [1.82, 2.24) is 9.97 Å². The molecule has 96 valence electrons. The van der Waals surface area contributed by atoms with Crippen LogP contribution >= 0.6 is 0 Å². The van der Waals surface area contributed by atoms with Crippen molar-refractivity contribution in [3.63, 3.8) is 0 Å². The molecule has 0 fully saturated rings. The van der Waals surface area contributed by atoms with Crippen LogP contribution in [0.3, 0.4) is 0 Å². The Hall–Kier alpha value is -1.57. The van der Waals surface area contributed by atoms with Crippen molar-refractivity contribution >= 4 is 11.6 Å². The summed E-state index contributed by atoms with van der Waals surface area (Å²) >= 11 is 0. The van der Waals surface area contributed by atoms with Gasteiger partial charge in [0.05, 0.1) is 0 Å². The highest BCUT2D eigenvalue weighted by molar-refractivity contribution is 5.47. The van der Waals surface area contributed by atoms with E-state index in [1.54, 1.807) is 6.92 Å². The third-order valence-corrected chi connectivity index (χ3v) is 1.99. The molecule has 0 aliphatic carbocycles. The van der Waals surface area contributed by atoms with Crippen molar-refractivity contribution in [2.45, 2.75) is 19.5 Å². The van der Waals surface area contributed by atoms with Gasteiger partial charge in [0.15, 0.2) is 0 Å². The fourth-order valence-electron chi connectivity index (χ4n) is 1.36. The van der Waals surface area contributed by atoms with Gasteiger partial charge in [0, 0.05) is 12.6 Å². The molecular weight excluding hydrogens is 235 g/mol. The standard InChI is InChI=1S/C9H14F3N5/c1-2-3-17(5-9(10,11)12)8-4-7(16-13)14-6-15-8/h4,6H,2-3,5,13H2,1H3,(H,14,15,16). The molecule has 0 amide bonds. The van der Waals surface area contributed by atoms with Gasteiger partial charge in [-0.05, 0) is 6.42 Å². The quantitative estimate of drug-likeness (QED) is 0.612. The summed E-state index contributed by atoms with van der Waals surface area (Å²) in [6.07, 6.45) is -2.51. The molecule has 1 rings (SSSR count). The number of aromatic nitrogens is 2. The van der Waals surface area contributed by atoms with Gasteiger partial charge in [0.1, 0.15) is 24.5 Å². The molecular formula is C9H14F3N5. The molecule has 0 atom stereocenters. The summed E-state index contributed by atoms with van der Waals surface area (Å²) in [5.74, 6) is 5.62. The Morgan fingerprint density at radius 3 is 2.65 bits per heavy atom. The monoisotopic (exact) mass is 249 g/mol. The van der Waals surface area contributed by atoms with Crippen LogP contribution in [0, 0.1) is 0 Å². The van der Waals surface area contributed by atoms with E-state index in [0.29, 0.717) is 6.42 Å². The predicted octanol–water partition coefficient (Wildman–Crippen LogP) is 1.54. The number of hydrogen-bond donors (Lipinski definition) is 2. The van der Waals surface area contributed by atoms with Gasteiger partial charge in [-0.15, -0.1) is 0 Å². The Kier molecular flexibility index (Phi) is 4.50. The van der Waals surface area contributed by atoms with E-state index in [4.69, 9.17) is 5.84 Å². The van der Waals surface area contributed by atoms with E-state index >= 15 is 0 Å². The normalized spacial score (nSPS) is 11.4. The number of anilines is 2. The average molecular weight is 249 g/mol. The summed E-state index contributed by atoms with van der Waals surface area (Å²) in [5, 5.41) is 0. The van der Waals surface area contributed by atoms with Crippen LogP contribution in [-0.2, 0) is 0 Å². The van der Waals surface area contributed by atoms with Crippen LogP contribution in [0.5, 0.6) is 0 Å². The molecule has 0 aromatic carbocycles. The Bertz CT molecular complexity index is 355. The van der Waals surface area contributed by atoms with E-state index in [-0.39, 0.29) is 18.2 Å². The number of nitrogen functional groups attached to an aromatic ring is 1. The number of nitrogens with zero attached hydrogens (tertiary/aromatic N) is 3. The van der Waals surface area contributed by atoms with Crippen molar-refractivity contribution in [1.29, 1.82) is 0 Å². The van der Waals surface area contributed by atoms with Crippen molar-refractivity contribution in [3.05, 3.63) is 12.4 Å². The van der Waals surface area contributed by atoms with Crippen LogP contribution in [0.1, 0.15) is 13.3 Å². The minimum atomic E-state index is -4.27. The lowest BCUT2D eigenvalue weighted by atomic mass is 10.3. The zero-order chi connectivity index (χ0) is 12.9. The van der Waals surface area contributed by atoms with Crippen LogP contribution in [0.2, 0.25) is 0 Å². The predicted molar refractivity (Wildman–Crippen MR) is 58.4 cm³/mol. The summed E-state index contributed by atoms with van der Waals surface area (Å²) in [6, 6.07) is 1.38. The number of hydrogen-bond acceptors (Lipinski definition) is 5. The Morgan fingerprint density at radius 2 is 2.12 bits per heavy atom. The first-order chi connectivity index (χ1) is 7.96. The average Bonchev–Trinajstić information content (AvgIpc) is 2.27. The van der Waals surface area contributed by atoms with Gasteiger partial charge in [0.2, 0.25) is 0 Å². The van der Waals surface area contributed by atoms with Crippen molar-refractivity contribution < 1.29 is 13.2 Å². The van der Waals surface area contributed by atoms with Crippen LogP contribution < -0.4 is 16.2 Å². The van der Waals surface area contributed by atoms with Crippen LogP contribution in [-0.4, -0.2) is 29.2 Å². The van der Waals surface area contributed by atoms with Crippen molar-refractivity contribution in [2.75, 3.05) is 23.4 Å². The zero-order valence-electron chi connectivity index (χ0n) is 9.33. The molecule has 8 heteroatoms. The number of halogens is 3. The van der Waals surface area contributed by atoms with Gasteiger partial charge < -0.3 is 10.3 Å². The van der Waals surface area contributed by atoms with Gasteiger partial charge >= 0.3 is 6.18 Å². The topological polar surface area (TPSA) is 67.1 Å². The zero-order valence-corrected chi connectivity index (χ0v) is 9.33. The van der Waals surface area contributed by atoms with E-state index < -0.39 is 12.7 Å². The van der Waals surface area contributed by atoms with Gasteiger partial charge in [-0.3, -0.25) is 0 Å². The summed E-state index contributed by atoms with van der Waals surface area (Å²) in [6.45, 7) is 1.02. The first-order valence-corrected chi connectivity index (χ1v) is 5.06. The van der Waals surface area contributed by atoms with Crippen LogP contribution in [0.15, 0.2) is 12.4 Å². The third kappa shape index (κ3) is 4.43. The van der Waals surface area contributed by atoms with Crippen molar-refractivity contribution in [3.8, 4) is 0 Å². The maximum Gasteiger partial charge on any atom is 0.405 e. The van der Waals surface area contributed by atoms with E-state index in [0.717, 1.165) is 4.90 Å². The Labute approximate surface area is 96.8 Å². The summed E-state index contributed by atoms with van der Waals surface area (Å²) < 4.78 is 37.1. The second-order valence-corrected chi connectivity index (χ2v) is 3.44. The van der Waals surface area contributed by atoms with E-state index in [1.165, 1.54) is 12.4 Å².